The van der Waals surface area contributed by atoms with Gasteiger partial charge in [-0.1, -0.05) is 31.7 Å². The highest BCUT2D eigenvalue weighted by molar-refractivity contribution is 7.88. The van der Waals surface area contributed by atoms with Gasteiger partial charge in [0.05, 0.1) is 7.11 Å². The third-order valence-corrected chi connectivity index (χ3v) is 5.70. The van der Waals surface area contributed by atoms with Gasteiger partial charge in [0.1, 0.15) is 11.4 Å². The summed E-state index contributed by atoms with van der Waals surface area (Å²) in [6.07, 6.45) is 4.67. The number of hydrogen-bond acceptors (Lipinski definition) is 6. The zero-order valence-corrected chi connectivity index (χ0v) is 15.8. The average molecular weight is 417 g/mol. The molecule has 0 amide bonds. The Bertz CT molecular complexity index is 998. The van der Waals surface area contributed by atoms with E-state index < -0.39 is 27.3 Å². The van der Waals surface area contributed by atoms with E-state index in [4.69, 9.17) is 4.74 Å². The number of methoxy groups -OCH3 is 1. The average Bonchev–Trinajstić information content (AvgIpc) is 3.13. The third-order valence-electron chi connectivity index (χ3n) is 4.72. The third kappa shape index (κ3) is 4.21. The summed E-state index contributed by atoms with van der Waals surface area (Å²) in [7, 11) is -4.55. The molecule has 1 aromatic heterocycles. The molecule has 0 spiro atoms. The van der Waals surface area contributed by atoms with Gasteiger partial charge < -0.3 is 8.92 Å². The lowest BCUT2D eigenvalue weighted by Gasteiger charge is -2.14. The van der Waals surface area contributed by atoms with Crippen LogP contribution in [0.25, 0.3) is 10.8 Å². The van der Waals surface area contributed by atoms with Crippen molar-refractivity contribution in [1.82, 2.24) is 4.98 Å². The van der Waals surface area contributed by atoms with Gasteiger partial charge in [0, 0.05) is 11.1 Å². The summed E-state index contributed by atoms with van der Waals surface area (Å²) in [5.74, 6) is -0.758. The van der Waals surface area contributed by atoms with Crippen LogP contribution in [0.15, 0.2) is 24.3 Å². The number of nitrogens with zero attached hydrogens (tertiary/aromatic N) is 1. The van der Waals surface area contributed by atoms with Crippen molar-refractivity contribution in [2.45, 2.75) is 37.6 Å². The van der Waals surface area contributed by atoms with E-state index >= 15 is 0 Å². The molecule has 1 aliphatic rings. The fourth-order valence-electron chi connectivity index (χ4n) is 3.37. The van der Waals surface area contributed by atoms with E-state index in [9.17, 15) is 26.4 Å². The summed E-state index contributed by atoms with van der Waals surface area (Å²) in [6.45, 7) is 0. The standard InChI is InChI=1S/C18H18F3NO5S/c1-26-17(23)16-9-12-6-7-13(27-28(24,25)18(19,20)21)10-14(12)15(22-16)8-11-4-2-3-5-11/h6-7,9-11H,2-5,8H2,1H3. The van der Waals surface area contributed by atoms with Crippen molar-refractivity contribution in [3.05, 3.63) is 35.7 Å². The second kappa shape index (κ2) is 7.57. The first kappa shape index (κ1) is 20.4. The zero-order chi connectivity index (χ0) is 20.5. The Morgan fingerprint density at radius 2 is 1.89 bits per heavy atom. The van der Waals surface area contributed by atoms with E-state index in [1.54, 1.807) is 0 Å². The molecule has 1 heterocycles. The lowest BCUT2D eigenvalue weighted by Crippen LogP contribution is -2.28. The Morgan fingerprint density at radius 3 is 2.50 bits per heavy atom. The van der Waals surface area contributed by atoms with Crippen molar-refractivity contribution < 1.29 is 35.3 Å². The van der Waals surface area contributed by atoms with Gasteiger partial charge in [-0.3, -0.25) is 0 Å². The summed E-state index contributed by atoms with van der Waals surface area (Å²) in [5.41, 5.74) is -4.94. The molecule has 1 aromatic carbocycles. The van der Waals surface area contributed by atoms with E-state index in [2.05, 4.69) is 9.17 Å². The van der Waals surface area contributed by atoms with Gasteiger partial charge in [0.2, 0.25) is 0 Å². The molecule has 10 heteroatoms. The highest BCUT2D eigenvalue weighted by Crippen LogP contribution is 2.33. The fourth-order valence-corrected chi connectivity index (χ4v) is 3.83. The van der Waals surface area contributed by atoms with Crippen molar-refractivity contribution in [2.75, 3.05) is 7.11 Å². The molecule has 3 rings (SSSR count). The highest BCUT2D eigenvalue weighted by atomic mass is 32.2. The van der Waals surface area contributed by atoms with Crippen molar-refractivity contribution in [2.24, 2.45) is 5.92 Å². The van der Waals surface area contributed by atoms with Crippen molar-refractivity contribution in [3.8, 4) is 5.75 Å². The second-order valence-electron chi connectivity index (χ2n) is 6.67. The first-order valence-electron chi connectivity index (χ1n) is 8.63. The smallest absolute Gasteiger partial charge is 0.464 e. The summed E-state index contributed by atoms with van der Waals surface area (Å²) in [4.78, 5) is 16.2. The molecule has 152 valence electrons. The largest absolute Gasteiger partial charge is 0.534 e. The maximum Gasteiger partial charge on any atom is 0.534 e. The molecule has 0 atom stereocenters. The van der Waals surface area contributed by atoms with Crippen molar-refractivity contribution in [3.63, 3.8) is 0 Å². The maximum atomic E-state index is 12.6. The van der Waals surface area contributed by atoms with Crippen LogP contribution in [0.5, 0.6) is 5.75 Å². The molecule has 28 heavy (non-hydrogen) atoms. The van der Waals surface area contributed by atoms with Crippen molar-refractivity contribution >= 4 is 26.9 Å². The molecule has 1 fully saturated rings. The van der Waals surface area contributed by atoms with Gasteiger partial charge in [-0.15, -0.1) is 0 Å². The molecule has 6 nitrogen and oxygen atoms in total. The number of esters is 1. The Balaban J connectivity index is 2.05. The van der Waals surface area contributed by atoms with Crippen LogP contribution in [0.2, 0.25) is 0 Å². The van der Waals surface area contributed by atoms with E-state index in [0.29, 0.717) is 28.8 Å². The molecule has 1 aliphatic carbocycles. The molecule has 0 saturated heterocycles. The number of fused-ring (bicyclic) bond motifs is 1. The number of hydrogen-bond donors (Lipinski definition) is 0. The number of rotatable bonds is 5. The normalized spacial score (nSPS) is 15.7. The number of aromatic nitrogens is 1. The Kier molecular flexibility index (Phi) is 5.51. The minimum atomic E-state index is -5.77. The van der Waals surface area contributed by atoms with E-state index in [1.807, 2.05) is 0 Å². The predicted molar refractivity (Wildman–Crippen MR) is 94.3 cm³/mol. The Labute approximate surface area is 159 Å². The number of carbonyl (C=O) groups is 1. The van der Waals surface area contributed by atoms with Crippen molar-refractivity contribution in [1.29, 1.82) is 0 Å². The molecule has 0 radical (unpaired) electrons. The van der Waals surface area contributed by atoms with Gasteiger partial charge in [-0.2, -0.15) is 21.6 Å². The van der Waals surface area contributed by atoms with Crippen LogP contribution >= 0.6 is 0 Å². The summed E-state index contributed by atoms with van der Waals surface area (Å²) in [6, 6.07) is 5.15. The number of carbonyl (C=O) groups excluding carboxylic acids is 1. The molecular formula is C18H18F3NO5S. The number of alkyl halides is 3. The van der Waals surface area contributed by atoms with E-state index in [0.717, 1.165) is 31.7 Å². The first-order chi connectivity index (χ1) is 13.1. The molecule has 0 N–H and O–H groups in total. The number of halogens is 3. The monoisotopic (exact) mass is 417 g/mol. The maximum absolute atomic E-state index is 12.6. The topological polar surface area (TPSA) is 82.6 Å². The van der Waals surface area contributed by atoms with Gasteiger partial charge >= 0.3 is 21.6 Å². The van der Waals surface area contributed by atoms with Gasteiger partial charge in [0.15, 0.2) is 0 Å². The lowest BCUT2D eigenvalue weighted by molar-refractivity contribution is -0.0500. The minimum Gasteiger partial charge on any atom is -0.464 e. The first-order valence-corrected chi connectivity index (χ1v) is 10.0. The van der Waals surface area contributed by atoms with Crippen LogP contribution in [0.1, 0.15) is 41.9 Å². The molecular weight excluding hydrogens is 399 g/mol. The number of pyridine rings is 1. The fraction of sp³-hybridized carbons (Fsp3) is 0.444. The molecule has 0 aliphatic heterocycles. The summed E-state index contributed by atoms with van der Waals surface area (Å²) < 4.78 is 69.3. The van der Waals surface area contributed by atoms with Crippen LogP contribution in [0.3, 0.4) is 0 Å². The quantitative estimate of drug-likeness (QED) is 0.416. The summed E-state index contributed by atoms with van der Waals surface area (Å²) in [5, 5.41) is 0.967. The van der Waals surface area contributed by atoms with Crippen LogP contribution in [-0.4, -0.2) is 32.0 Å². The molecule has 0 bridgehead atoms. The van der Waals surface area contributed by atoms with Gasteiger partial charge in [-0.25, -0.2) is 9.78 Å². The Hall–Kier alpha value is -2.36. The van der Waals surface area contributed by atoms with Crippen LogP contribution in [0.4, 0.5) is 13.2 Å². The van der Waals surface area contributed by atoms with Crippen LogP contribution in [-0.2, 0) is 21.3 Å². The summed E-state index contributed by atoms with van der Waals surface area (Å²) >= 11 is 0. The minimum absolute atomic E-state index is 0.0829. The number of ether oxygens (including phenoxy) is 1. The molecule has 0 unspecified atom stereocenters. The van der Waals surface area contributed by atoms with Crippen LogP contribution < -0.4 is 4.18 Å². The Morgan fingerprint density at radius 1 is 1.21 bits per heavy atom. The highest BCUT2D eigenvalue weighted by Gasteiger charge is 2.48. The van der Waals surface area contributed by atoms with Gasteiger partial charge in [0.25, 0.3) is 0 Å². The lowest BCUT2D eigenvalue weighted by atomic mass is 9.97. The SMILES string of the molecule is COC(=O)c1cc2ccc(OS(=O)(=O)C(F)(F)F)cc2c(CC2CCCC2)n1. The van der Waals surface area contributed by atoms with Gasteiger partial charge in [-0.05, 0) is 35.9 Å². The van der Waals surface area contributed by atoms with Crippen LogP contribution in [0, 0.1) is 5.92 Å². The van der Waals surface area contributed by atoms with E-state index in [-0.39, 0.29) is 5.69 Å². The zero-order valence-electron chi connectivity index (χ0n) is 15.0. The predicted octanol–water partition coefficient (Wildman–Crippen LogP) is 3.98. The molecule has 2 aromatic rings. The second-order valence-corrected chi connectivity index (χ2v) is 8.20. The molecule has 1 saturated carbocycles. The van der Waals surface area contributed by atoms with E-state index in [1.165, 1.54) is 25.3 Å². The number of benzene rings is 1.